The van der Waals surface area contributed by atoms with Gasteiger partial charge in [-0.2, -0.15) is 8.78 Å². The largest absolute Gasteiger partial charge is 0.636 e. The van der Waals surface area contributed by atoms with Crippen molar-refractivity contribution in [3.8, 4) is 22.6 Å². The molecule has 0 bridgehead atoms. The third-order valence-electron chi connectivity index (χ3n) is 8.33. The molecule has 7 aromatic carbocycles. The van der Waals surface area contributed by atoms with Crippen molar-refractivity contribution in [2.45, 2.75) is 0 Å². The van der Waals surface area contributed by atoms with Crippen LogP contribution in [0.15, 0.2) is 36.4 Å². The standard InChI is InChI=1S/C34H6BF17O2/c36-9-6-5-8(18(37)19(9)38)7-3-1-2-4-10(7)53-35(54-34-32(51)30(49)29(48)31(50)33(34)52)17-13-11-12-15(21(40)20(13)39)25(44)28(47)26(45)16(12)23(42)22(41)14(11)24(43)27(17)46/h1-6H. The summed E-state index contributed by atoms with van der Waals surface area (Å²) in [5, 5.41) is -11.3. The minimum absolute atomic E-state index is 0.371. The SMILES string of the molecule is Fc1ccc(-c2ccccc2OB(Oc2c(F)c(F)c(F)c(F)c2F)c2c(F)c(F)c3c(F)c(F)c4c(F)c(F)c(F)c5c(F)c(F)c2c3c45)c(F)c1F. The minimum Gasteiger partial charge on any atom is -0.521 e. The van der Waals surface area contributed by atoms with Gasteiger partial charge in [-0.15, -0.1) is 0 Å². The normalized spacial score (nSPS) is 11.8. The summed E-state index contributed by atoms with van der Waals surface area (Å²) in [6.07, 6.45) is 0. The van der Waals surface area contributed by atoms with Crippen molar-refractivity contribution in [1.29, 1.82) is 0 Å². The summed E-state index contributed by atoms with van der Waals surface area (Å²) in [5.74, 6) is -46.9. The van der Waals surface area contributed by atoms with Crippen LogP contribution in [-0.2, 0) is 0 Å². The average molecular weight is 780 g/mol. The van der Waals surface area contributed by atoms with E-state index < -0.39 is 166 Å². The predicted molar refractivity (Wildman–Crippen MR) is 154 cm³/mol. The van der Waals surface area contributed by atoms with Gasteiger partial charge in [-0.3, -0.25) is 0 Å². The van der Waals surface area contributed by atoms with Crippen molar-refractivity contribution in [1.82, 2.24) is 0 Å². The van der Waals surface area contributed by atoms with Gasteiger partial charge in [-0.1, -0.05) is 18.2 Å². The van der Waals surface area contributed by atoms with Crippen molar-refractivity contribution < 1.29 is 83.9 Å². The third kappa shape index (κ3) is 4.91. The highest BCUT2D eigenvalue weighted by atomic mass is 19.2. The lowest BCUT2D eigenvalue weighted by atomic mass is 9.72. The van der Waals surface area contributed by atoms with Crippen molar-refractivity contribution in [3.05, 3.63) is 135 Å². The maximum atomic E-state index is 16.2. The van der Waals surface area contributed by atoms with Crippen molar-refractivity contribution in [2.24, 2.45) is 0 Å². The number of para-hydroxylation sites is 1. The fourth-order valence-corrected chi connectivity index (χ4v) is 5.95. The molecule has 0 aliphatic rings. The Hall–Kier alpha value is -5.95. The number of halogens is 17. The highest BCUT2D eigenvalue weighted by Crippen LogP contribution is 2.45. The quantitative estimate of drug-likeness (QED) is 0.0550. The van der Waals surface area contributed by atoms with E-state index in [1.165, 1.54) is 0 Å². The molecule has 0 N–H and O–H groups in total. The first kappa shape index (κ1) is 36.4. The number of hydrogen-bond donors (Lipinski definition) is 0. The van der Waals surface area contributed by atoms with Crippen LogP contribution in [0.25, 0.3) is 43.4 Å². The maximum absolute atomic E-state index is 16.2. The van der Waals surface area contributed by atoms with Gasteiger partial charge in [-0.25, -0.2) is 65.9 Å². The lowest BCUT2D eigenvalue weighted by Gasteiger charge is -2.24. The summed E-state index contributed by atoms with van der Waals surface area (Å²) in [7, 11) is -3.44. The first-order valence-electron chi connectivity index (χ1n) is 14.4. The van der Waals surface area contributed by atoms with Crippen LogP contribution in [0, 0.1) is 98.9 Å². The smallest absolute Gasteiger partial charge is 0.521 e. The molecule has 7 aromatic rings. The maximum Gasteiger partial charge on any atom is 0.636 e. The van der Waals surface area contributed by atoms with Crippen molar-refractivity contribution in [2.75, 3.05) is 0 Å². The van der Waals surface area contributed by atoms with E-state index in [1.807, 2.05) is 0 Å². The topological polar surface area (TPSA) is 18.5 Å². The third-order valence-corrected chi connectivity index (χ3v) is 8.33. The van der Waals surface area contributed by atoms with Crippen LogP contribution in [0.1, 0.15) is 0 Å². The minimum atomic E-state index is -3.44. The summed E-state index contributed by atoms with van der Waals surface area (Å²) in [6, 6.07) is 4.49. The first-order valence-corrected chi connectivity index (χ1v) is 14.4. The zero-order chi connectivity index (χ0) is 39.4. The van der Waals surface area contributed by atoms with E-state index in [0.717, 1.165) is 18.2 Å². The van der Waals surface area contributed by atoms with Gasteiger partial charge in [-0.05, 0) is 18.2 Å². The van der Waals surface area contributed by atoms with Gasteiger partial charge in [0.15, 0.2) is 75.6 Å². The summed E-state index contributed by atoms with van der Waals surface area (Å²) >= 11 is 0. The molecule has 0 aliphatic carbocycles. The van der Waals surface area contributed by atoms with E-state index in [-0.39, 0.29) is 0 Å². The van der Waals surface area contributed by atoms with Crippen molar-refractivity contribution >= 4 is 44.9 Å². The molecular formula is C34H6BF17O2. The Labute approximate surface area is 287 Å². The molecule has 0 atom stereocenters. The second-order valence-corrected chi connectivity index (χ2v) is 11.2. The molecule has 276 valence electrons. The molecule has 0 saturated heterocycles. The lowest BCUT2D eigenvalue weighted by Crippen LogP contribution is -2.46. The summed E-state index contributed by atoms with van der Waals surface area (Å²) in [4.78, 5) is 0. The van der Waals surface area contributed by atoms with Gasteiger partial charge in [0.2, 0.25) is 29.1 Å². The molecule has 0 aliphatic heterocycles. The van der Waals surface area contributed by atoms with Crippen LogP contribution in [0.3, 0.4) is 0 Å². The van der Waals surface area contributed by atoms with Crippen LogP contribution >= 0.6 is 0 Å². The first-order chi connectivity index (χ1) is 25.4. The van der Waals surface area contributed by atoms with Gasteiger partial charge in [0.05, 0.1) is 21.6 Å². The average Bonchev–Trinajstić information content (AvgIpc) is 3.15. The second kappa shape index (κ2) is 12.6. The van der Waals surface area contributed by atoms with E-state index in [9.17, 15) is 48.3 Å². The van der Waals surface area contributed by atoms with Crippen LogP contribution in [0.5, 0.6) is 11.5 Å². The van der Waals surface area contributed by atoms with Gasteiger partial charge >= 0.3 is 7.12 Å². The Kier molecular flexibility index (Phi) is 8.49. The van der Waals surface area contributed by atoms with E-state index in [2.05, 4.69) is 0 Å². The van der Waals surface area contributed by atoms with E-state index >= 15 is 26.3 Å². The van der Waals surface area contributed by atoms with Crippen LogP contribution in [0.2, 0.25) is 0 Å². The van der Waals surface area contributed by atoms with Gasteiger partial charge in [0.1, 0.15) is 5.75 Å². The monoisotopic (exact) mass is 780 g/mol. The molecule has 0 radical (unpaired) electrons. The zero-order valence-corrected chi connectivity index (χ0v) is 25.3. The molecule has 0 amide bonds. The molecule has 7 rings (SSSR count). The lowest BCUT2D eigenvalue weighted by molar-refractivity contribution is 0.334. The van der Waals surface area contributed by atoms with Crippen LogP contribution in [-0.4, -0.2) is 7.12 Å². The molecule has 54 heavy (non-hydrogen) atoms. The fraction of sp³-hybridized carbons (Fsp3) is 0. The number of rotatable bonds is 6. The molecular weight excluding hydrogens is 774 g/mol. The number of benzene rings is 7. The molecule has 0 unspecified atom stereocenters. The Morgan fingerprint density at radius 2 is 0.741 bits per heavy atom. The van der Waals surface area contributed by atoms with Gasteiger partial charge in [0, 0.05) is 27.3 Å². The Balaban J connectivity index is 1.63. The van der Waals surface area contributed by atoms with Gasteiger partial charge in [0.25, 0.3) is 0 Å². The second-order valence-electron chi connectivity index (χ2n) is 11.2. The molecule has 0 heterocycles. The summed E-state index contributed by atoms with van der Waals surface area (Å²) in [5.41, 5.74) is -3.73. The van der Waals surface area contributed by atoms with E-state index in [1.54, 1.807) is 0 Å². The Morgan fingerprint density at radius 3 is 1.30 bits per heavy atom. The highest BCUT2D eigenvalue weighted by Gasteiger charge is 2.43. The number of hydrogen-bond acceptors (Lipinski definition) is 2. The molecule has 0 spiro atoms. The molecule has 0 fully saturated rings. The summed E-state index contributed by atoms with van der Waals surface area (Å²) in [6.45, 7) is 0. The molecule has 0 saturated carbocycles. The molecule has 20 heteroatoms. The molecule has 0 aromatic heterocycles. The van der Waals surface area contributed by atoms with E-state index in [4.69, 9.17) is 9.31 Å². The van der Waals surface area contributed by atoms with Crippen LogP contribution < -0.4 is 14.8 Å². The molecule has 2 nitrogen and oxygen atoms in total. The zero-order valence-electron chi connectivity index (χ0n) is 25.3. The Morgan fingerprint density at radius 1 is 0.315 bits per heavy atom. The predicted octanol–water partition coefficient (Wildman–Crippen LogP) is 10.5. The van der Waals surface area contributed by atoms with E-state index in [0.29, 0.717) is 18.2 Å². The Bertz CT molecular complexity index is 2720. The van der Waals surface area contributed by atoms with Gasteiger partial charge < -0.3 is 9.31 Å². The van der Waals surface area contributed by atoms with Crippen molar-refractivity contribution in [3.63, 3.8) is 0 Å². The van der Waals surface area contributed by atoms with Crippen LogP contribution in [0.4, 0.5) is 74.6 Å². The summed E-state index contributed by atoms with van der Waals surface area (Å²) < 4.78 is 264. The fourth-order valence-electron chi connectivity index (χ4n) is 5.95. The highest BCUT2D eigenvalue weighted by molar-refractivity contribution is 6.66.